The smallest absolute Gasteiger partial charge is 0.308 e. The average molecular weight is 408 g/mol. The Hall–Kier alpha value is -0.660. The molecular formula is C15H21IO3S. The number of hydrogen-bond donors (Lipinski definition) is 0. The number of ketones is 1. The van der Waals surface area contributed by atoms with Gasteiger partial charge in [-0.25, -0.2) is 0 Å². The summed E-state index contributed by atoms with van der Waals surface area (Å²) in [6.07, 6.45) is 10.6. The van der Waals surface area contributed by atoms with E-state index >= 15 is 0 Å². The molecule has 0 saturated heterocycles. The molecule has 0 aromatic carbocycles. The molecule has 0 spiro atoms. The van der Waals surface area contributed by atoms with Crippen LogP contribution in [0.4, 0.5) is 0 Å². The lowest BCUT2D eigenvalue weighted by molar-refractivity contribution is -0.147. The zero-order valence-electron chi connectivity index (χ0n) is 12.1. The van der Waals surface area contributed by atoms with E-state index in [0.717, 1.165) is 6.42 Å². The number of Topliss-reactive ketones (excluding diaryl/α,β-unsaturated/α-hetero) is 1. The van der Waals surface area contributed by atoms with Crippen LogP contribution in [0.3, 0.4) is 0 Å². The summed E-state index contributed by atoms with van der Waals surface area (Å²) in [4.78, 5) is 22.7. The van der Waals surface area contributed by atoms with E-state index in [0.29, 0.717) is 19.3 Å². The normalized spacial score (nSPS) is 11.9. The highest BCUT2D eigenvalue weighted by Crippen LogP contribution is 2.23. The first-order valence-corrected chi connectivity index (χ1v) is 9.54. The van der Waals surface area contributed by atoms with Crippen molar-refractivity contribution in [3.8, 4) is 24.0 Å². The summed E-state index contributed by atoms with van der Waals surface area (Å²) in [7, 11) is 2.84. The number of methoxy groups -OCH3 is 1. The Morgan fingerprint density at radius 3 is 2.40 bits per heavy atom. The Morgan fingerprint density at radius 1 is 1.35 bits per heavy atom. The highest BCUT2D eigenvalue weighted by atomic mass is 127. The van der Waals surface area contributed by atoms with Gasteiger partial charge in [0.05, 0.1) is 13.0 Å². The van der Waals surface area contributed by atoms with E-state index in [4.69, 9.17) is 4.74 Å². The molecule has 2 atom stereocenters. The minimum absolute atomic E-state index is 0.149. The maximum absolute atomic E-state index is 11.7. The van der Waals surface area contributed by atoms with Crippen LogP contribution in [-0.4, -0.2) is 18.9 Å². The van der Waals surface area contributed by atoms with E-state index < -0.39 is 0 Å². The first-order chi connectivity index (χ1) is 9.52. The van der Waals surface area contributed by atoms with Crippen LogP contribution in [0.15, 0.2) is 0 Å². The van der Waals surface area contributed by atoms with Crippen LogP contribution < -0.4 is 0 Å². The first kappa shape index (κ1) is 21.6. The van der Waals surface area contributed by atoms with E-state index in [-0.39, 0.29) is 23.6 Å². The van der Waals surface area contributed by atoms with Gasteiger partial charge in [0.1, 0.15) is 5.78 Å². The van der Waals surface area contributed by atoms with Crippen molar-refractivity contribution in [2.75, 3.05) is 7.11 Å². The predicted molar refractivity (Wildman–Crippen MR) is 93.1 cm³/mol. The fraction of sp³-hybridized carbons (Fsp3) is 0.600. The fourth-order valence-electron chi connectivity index (χ4n) is 1.72. The first-order valence-electron chi connectivity index (χ1n) is 6.19. The second-order valence-corrected chi connectivity index (χ2v) is 5.92. The number of ether oxygens (including phenoxy) is 1. The van der Waals surface area contributed by atoms with Gasteiger partial charge in [-0.3, -0.25) is 4.79 Å². The summed E-state index contributed by atoms with van der Waals surface area (Å²) in [6.45, 7) is 3.56. The molecule has 0 saturated carbocycles. The standard InChI is InChI=1S/C13H19IO3S.C2H2/c1-10(7-8-11(2)15)12(13(16)17-3)6-4-5-9-18-14;1-2/h10,12H,4,6-8H2,1-3H3;1-2H. The molecule has 0 bridgehead atoms. The molecular weight excluding hydrogens is 387 g/mol. The van der Waals surface area contributed by atoms with Crippen molar-refractivity contribution < 1.29 is 14.3 Å². The van der Waals surface area contributed by atoms with Gasteiger partial charge in [0.2, 0.25) is 0 Å². The molecule has 5 heteroatoms. The molecule has 0 N–H and O–H groups in total. The van der Waals surface area contributed by atoms with Crippen molar-refractivity contribution >= 4 is 41.9 Å². The average Bonchev–Trinajstić information content (AvgIpc) is 2.46. The summed E-state index contributed by atoms with van der Waals surface area (Å²) in [5, 5.41) is 2.90. The van der Waals surface area contributed by atoms with Crippen molar-refractivity contribution in [3.63, 3.8) is 0 Å². The van der Waals surface area contributed by atoms with Crippen molar-refractivity contribution in [1.29, 1.82) is 0 Å². The minimum Gasteiger partial charge on any atom is -0.469 e. The second kappa shape index (κ2) is 14.7. The lowest BCUT2D eigenvalue weighted by Crippen LogP contribution is -2.23. The number of esters is 1. The maximum Gasteiger partial charge on any atom is 0.308 e. The maximum atomic E-state index is 11.7. The SMILES string of the molecule is C#C.COC(=O)C(CCC#CSI)C(C)CCC(C)=O. The summed E-state index contributed by atoms with van der Waals surface area (Å²) in [5.74, 6) is 2.94. The second-order valence-electron chi connectivity index (χ2n) is 4.24. The third-order valence-electron chi connectivity index (χ3n) is 2.83. The molecule has 112 valence electrons. The molecule has 0 heterocycles. The molecule has 0 radical (unpaired) electrons. The molecule has 0 aliphatic heterocycles. The van der Waals surface area contributed by atoms with E-state index in [9.17, 15) is 9.59 Å². The molecule has 0 aliphatic carbocycles. The van der Waals surface area contributed by atoms with Gasteiger partial charge in [0, 0.05) is 34.0 Å². The number of hydrogen-bond acceptors (Lipinski definition) is 4. The number of terminal acetylenes is 1. The summed E-state index contributed by atoms with van der Waals surface area (Å²) < 4.78 is 4.82. The fourth-order valence-corrected chi connectivity index (χ4v) is 2.35. The Balaban J connectivity index is 0. The van der Waals surface area contributed by atoms with Gasteiger partial charge in [-0.2, -0.15) is 0 Å². The molecule has 0 amide bonds. The molecule has 2 unspecified atom stereocenters. The summed E-state index contributed by atoms with van der Waals surface area (Å²) in [5.41, 5.74) is 0. The van der Waals surface area contributed by atoms with E-state index in [1.54, 1.807) is 6.92 Å². The van der Waals surface area contributed by atoms with Crippen molar-refractivity contribution in [1.82, 2.24) is 0 Å². The number of carbonyl (C=O) groups excluding carboxylic acids is 2. The lowest BCUT2D eigenvalue weighted by atomic mass is 9.86. The highest BCUT2D eigenvalue weighted by Gasteiger charge is 2.25. The van der Waals surface area contributed by atoms with Crippen LogP contribution in [0, 0.1) is 35.9 Å². The molecule has 0 aliphatic rings. The number of carbonyl (C=O) groups is 2. The van der Waals surface area contributed by atoms with Crippen LogP contribution in [-0.2, 0) is 14.3 Å². The third-order valence-corrected chi connectivity index (χ3v) is 3.72. The molecule has 0 rings (SSSR count). The van der Waals surface area contributed by atoms with Gasteiger partial charge in [-0.15, -0.1) is 12.8 Å². The number of rotatable bonds is 7. The third kappa shape index (κ3) is 11.2. The van der Waals surface area contributed by atoms with Gasteiger partial charge in [0.25, 0.3) is 0 Å². The molecule has 0 aromatic heterocycles. The molecule has 20 heavy (non-hydrogen) atoms. The van der Waals surface area contributed by atoms with Crippen LogP contribution in [0.2, 0.25) is 0 Å². The van der Waals surface area contributed by atoms with Gasteiger partial charge in [-0.05, 0) is 39.9 Å². The van der Waals surface area contributed by atoms with E-state index in [2.05, 4.69) is 45.2 Å². The Morgan fingerprint density at radius 2 is 1.95 bits per heavy atom. The number of halogens is 1. The van der Waals surface area contributed by atoms with E-state index in [1.807, 2.05) is 6.92 Å². The van der Waals surface area contributed by atoms with Crippen LogP contribution >= 0.6 is 30.1 Å². The quantitative estimate of drug-likeness (QED) is 0.365. The Labute approximate surface area is 138 Å². The van der Waals surface area contributed by atoms with Gasteiger partial charge < -0.3 is 9.53 Å². The van der Waals surface area contributed by atoms with Crippen LogP contribution in [0.1, 0.15) is 39.5 Å². The van der Waals surface area contributed by atoms with E-state index in [1.165, 1.54) is 16.0 Å². The zero-order valence-corrected chi connectivity index (χ0v) is 15.1. The lowest BCUT2D eigenvalue weighted by Gasteiger charge is -2.20. The zero-order chi connectivity index (χ0) is 16.0. The van der Waals surface area contributed by atoms with Gasteiger partial charge in [0.15, 0.2) is 0 Å². The van der Waals surface area contributed by atoms with Gasteiger partial charge >= 0.3 is 5.97 Å². The van der Waals surface area contributed by atoms with Crippen molar-refractivity contribution in [2.45, 2.75) is 39.5 Å². The minimum atomic E-state index is -0.199. The topological polar surface area (TPSA) is 43.4 Å². The van der Waals surface area contributed by atoms with Crippen LogP contribution in [0.25, 0.3) is 0 Å². The Bertz CT molecular complexity index is 368. The summed E-state index contributed by atoms with van der Waals surface area (Å²) in [6, 6.07) is 0. The Kier molecular flexibility index (Phi) is 15.9. The van der Waals surface area contributed by atoms with Gasteiger partial charge in [-0.1, -0.05) is 12.8 Å². The molecule has 3 nitrogen and oxygen atoms in total. The van der Waals surface area contributed by atoms with Crippen molar-refractivity contribution in [3.05, 3.63) is 0 Å². The largest absolute Gasteiger partial charge is 0.469 e. The highest BCUT2D eigenvalue weighted by molar-refractivity contribution is 14.2. The van der Waals surface area contributed by atoms with Crippen molar-refractivity contribution in [2.24, 2.45) is 11.8 Å². The molecule has 0 aromatic rings. The monoisotopic (exact) mass is 408 g/mol. The van der Waals surface area contributed by atoms with Crippen LogP contribution in [0.5, 0.6) is 0 Å². The summed E-state index contributed by atoms with van der Waals surface area (Å²) >= 11 is 2.11. The predicted octanol–water partition coefficient (Wildman–Crippen LogP) is 3.85. The molecule has 0 fully saturated rings.